The third-order valence-corrected chi connectivity index (χ3v) is 5.16. The molecular weight excluding hydrogens is 296 g/mol. The zero-order valence-corrected chi connectivity index (χ0v) is 12.9. The third kappa shape index (κ3) is 3.31. The average molecular weight is 317 g/mol. The first-order chi connectivity index (χ1) is 8.08. The molecule has 2 rings (SSSR count). The summed E-state index contributed by atoms with van der Waals surface area (Å²) in [5.41, 5.74) is 6.20. The van der Waals surface area contributed by atoms with E-state index in [1.54, 1.807) is 0 Å². The maximum Gasteiger partial charge on any atom is 0.0702 e. The number of nitrogens with zero attached hydrogens (tertiary/aromatic N) is 1. The quantitative estimate of drug-likeness (QED) is 0.922. The second-order valence-corrected chi connectivity index (χ2v) is 7.68. The molecule has 17 heavy (non-hydrogen) atoms. The predicted octanol–water partition coefficient (Wildman–Crippen LogP) is 3.63. The van der Waals surface area contributed by atoms with E-state index in [0.29, 0.717) is 6.04 Å². The molecule has 0 bridgehead atoms. The molecule has 0 aromatic carbocycles. The fraction of sp³-hybridized carbons (Fsp3) is 0.692. The number of halogens is 1. The topological polar surface area (TPSA) is 29.3 Å². The van der Waals surface area contributed by atoms with Crippen molar-refractivity contribution in [2.24, 2.45) is 11.7 Å². The molecule has 4 heteroatoms. The Kier molecular flexibility index (Phi) is 4.64. The normalized spacial score (nSPS) is 25.8. The van der Waals surface area contributed by atoms with Gasteiger partial charge in [-0.05, 0) is 60.3 Å². The first kappa shape index (κ1) is 13.5. The molecule has 0 amide bonds. The van der Waals surface area contributed by atoms with E-state index >= 15 is 0 Å². The van der Waals surface area contributed by atoms with E-state index in [0.717, 1.165) is 5.92 Å². The van der Waals surface area contributed by atoms with Crippen LogP contribution in [0.2, 0.25) is 0 Å². The molecule has 1 aromatic rings. The van der Waals surface area contributed by atoms with Gasteiger partial charge in [0, 0.05) is 17.5 Å². The summed E-state index contributed by atoms with van der Waals surface area (Å²) in [6.07, 6.45) is 2.66. The molecule has 2 nitrogen and oxygen atoms in total. The van der Waals surface area contributed by atoms with Crippen LogP contribution in [-0.4, -0.2) is 24.0 Å². The van der Waals surface area contributed by atoms with Gasteiger partial charge in [0.05, 0.1) is 9.83 Å². The lowest BCUT2D eigenvalue weighted by molar-refractivity contribution is 0.118. The summed E-state index contributed by atoms with van der Waals surface area (Å²) in [5.74, 6) is 0.799. The molecule has 1 aliphatic heterocycles. The Labute approximate surface area is 116 Å². The Bertz CT molecular complexity index is 364. The second-order valence-electron chi connectivity index (χ2n) is 5.19. The summed E-state index contributed by atoms with van der Waals surface area (Å²) in [4.78, 5) is 3.96. The SMILES string of the molecule is CC1CCCN(C(c2ccc(Br)s2)C(C)N)C1. The van der Waals surface area contributed by atoms with Crippen LogP contribution in [0.1, 0.15) is 37.6 Å². The van der Waals surface area contributed by atoms with E-state index in [-0.39, 0.29) is 6.04 Å². The first-order valence-corrected chi connectivity index (χ1v) is 7.93. The van der Waals surface area contributed by atoms with Crippen molar-refractivity contribution in [2.75, 3.05) is 13.1 Å². The molecule has 1 aromatic heterocycles. The summed E-state index contributed by atoms with van der Waals surface area (Å²) < 4.78 is 1.20. The molecule has 1 fully saturated rings. The summed E-state index contributed by atoms with van der Waals surface area (Å²) >= 11 is 5.36. The smallest absolute Gasteiger partial charge is 0.0702 e. The molecule has 0 radical (unpaired) electrons. The summed E-state index contributed by atoms with van der Waals surface area (Å²) in [5, 5.41) is 0. The van der Waals surface area contributed by atoms with Crippen LogP contribution in [0.25, 0.3) is 0 Å². The zero-order chi connectivity index (χ0) is 12.4. The van der Waals surface area contributed by atoms with Crippen molar-refractivity contribution < 1.29 is 0 Å². The Balaban J connectivity index is 2.17. The molecular formula is C13H21BrN2S. The number of piperidine rings is 1. The van der Waals surface area contributed by atoms with Gasteiger partial charge in [-0.1, -0.05) is 6.92 Å². The minimum Gasteiger partial charge on any atom is -0.326 e. The Morgan fingerprint density at radius 2 is 2.29 bits per heavy atom. The largest absolute Gasteiger partial charge is 0.326 e. The van der Waals surface area contributed by atoms with Crippen molar-refractivity contribution in [1.82, 2.24) is 4.90 Å². The van der Waals surface area contributed by atoms with Crippen LogP contribution in [0.3, 0.4) is 0 Å². The van der Waals surface area contributed by atoms with E-state index in [2.05, 4.69) is 46.8 Å². The molecule has 3 unspecified atom stereocenters. The lowest BCUT2D eigenvalue weighted by Gasteiger charge is -2.38. The lowest BCUT2D eigenvalue weighted by atomic mass is 9.96. The second kappa shape index (κ2) is 5.83. The van der Waals surface area contributed by atoms with Crippen LogP contribution >= 0.6 is 27.3 Å². The molecule has 0 saturated carbocycles. The first-order valence-electron chi connectivity index (χ1n) is 6.33. The zero-order valence-electron chi connectivity index (χ0n) is 10.5. The third-order valence-electron chi connectivity index (χ3n) is 3.47. The molecule has 1 saturated heterocycles. The molecule has 96 valence electrons. The number of rotatable bonds is 3. The molecule has 0 aliphatic carbocycles. The van der Waals surface area contributed by atoms with Gasteiger partial charge in [-0.25, -0.2) is 0 Å². The van der Waals surface area contributed by atoms with E-state index in [4.69, 9.17) is 5.73 Å². The van der Waals surface area contributed by atoms with Crippen molar-refractivity contribution in [2.45, 2.75) is 38.8 Å². The van der Waals surface area contributed by atoms with Crippen LogP contribution in [0.4, 0.5) is 0 Å². The number of likely N-dealkylation sites (tertiary alicyclic amines) is 1. The number of hydrogen-bond acceptors (Lipinski definition) is 3. The van der Waals surface area contributed by atoms with Crippen molar-refractivity contribution in [1.29, 1.82) is 0 Å². The molecule has 2 heterocycles. The monoisotopic (exact) mass is 316 g/mol. The van der Waals surface area contributed by atoms with Gasteiger partial charge in [0.1, 0.15) is 0 Å². The van der Waals surface area contributed by atoms with Gasteiger partial charge in [0.15, 0.2) is 0 Å². The van der Waals surface area contributed by atoms with E-state index in [9.17, 15) is 0 Å². The standard InChI is InChI=1S/C13H21BrN2S/c1-9-4-3-7-16(8-9)13(10(2)15)11-5-6-12(14)17-11/h5-6,9-10,13H,3-4,7-8,15H2,1-2H3. The van der Waals surface area contributed by atoms with Crippen molar-refractivity contribution in [3.63, 3.8) is 0 Å². The maximum atomic E-state index is 6.20. The van der Waals surface area contributed by atoms with Crippen LogP contribution < -0.4 is 5.73 Å². The highest BCUT2D eigenvalue weighted by atomic mass is 79.9. The van der Waals surface area contributed by atoms with Crippen LogP contribution in [-0.2, 0) is 0 Å². The van der Waals surface area contributed by atoms with Gasteiger partial charge in [0.25, 0.3) is 0 Å². The fourth-order valence-electron chi connectivity index (χ4n) is 2.74. The van der Waals surface area contributed by atoms with Gasteiger partial charge in [0.2, 0.25) is 0 Å². The van der Waals surface area contributed by atoms with E-state index < -0.39 is 0 Å². The van der Waals surface area contributed by atoms with E-state index in [1.807, 2.05) is 11.3 Å². The summed E-state index contributed by atoms with van der Waals surface area (Å²) in [6, 6.07) is 4.91. The van der Waals surface area contributed by atoms with Gasteiger partial charge in [-0.15, -0.1) is 11.3 Å². The highest BCUT2D eigenvalue weighted by molar-refractivity contribution is 9.11. The fourth-order valence-corrected chi connectivity index (χ4v) is 4.41. The number of nitrogens with two attached hydrogens (primary N) is 1. The molecule has 1 aliphatic rings. The van der Waals surface area contributed by atoms with Gasteiger partial charge in [-0.2, -0.15) is 0 Å². The molecule has 3 atom stereocenters. The molecule has 0 spiro atoms. The summed E-state index contributed by atoms with van der Waals surface area (Å²) in [7, 11) is 0. The lowest BCUT2D eigenvalue weighted by Crippen LogP contribution is -2.43. The Hall–Kier alpha value is 0.1000. The Morgan fingerprint density at radius 1 is 1.53 bits per heavy atom. The van der Waals surface area contributed by atoms with Gasteiger partial charge >= 0.3 is 0 Å². The van der Waals surface area contributed by atoms with Gasteiger partial charge in [-0.3, -0.25) is 4.90 Å². The van der Waals surface area contributed by atoms with Crippen LogP contribution in [0, 0.1) is 5.92 Å². The van der Waals surface area contributed by atoms with Crippen molar-refractivity contribution in [3.05, 3.63) is 20.8 Å². The number of hydrogen-bond donors (Lipinski definition) is 1. The maximum absolute atomic E-state index is 6.20. The minimum absolute atomic E-state index is 0.186. The average Bonchev–Trinajstić information content (AvgIpc) is 2.64. The van der Waals surface area contributed by atoms with E-state index in [1.165, 1.54) is 34.6 Å². The number of thiophene rings is 1. The van der Waals surface area contributed by atoms with Crippen molar-refractivity contribution in [3.8, 4) is 0 Å². The van der Waals surface area contributed by atoms with Gasteiger partial charge < -0.3 is 5.73 Å². The highest BCUT2D eigenvalue weighted by Crippen LogP contribution is 2.34. The Morgan fingerprint density at radius 3 is 2.82 bits per heavy atom. The highest BCUT2D eigenvalue weighted by Gasteiger charge is 2.28. The minimum atomic E-state index is 0.186. The summed E-state index contributed by atoms with van der Waals surface area (Å²) in [6.45, 7) is 6.83. The molecule has 2 N–H and O–H groups in total. The van der Waals surface area contributed by atoms with Crippen LogP contribution in [0.5, 0.6) is 0 Å². The van der Waals surface area contributed by atoms with Crippen molar-refractivity contribution >= 4 is 27.3 Å². The predicted molar refractivity (Wildman–Crippen MR) is 78.4 cm³/mol. The van der Waals surface area contributed by atoms with Crippen LogP contribution in [0.15, 0.2) is 15.9 Å².